The van der Waals surface area contributed by atoms with E-state index in [2.05, 4.69) is 10.5 Å². The Kier molecular flexibility index (Phi) is 8.84. The van der Waals surface area contributed by atoms with E-state index in [-0.39, 0.29) is 6.61 Å². The summed E-state index contributed by atoms with van der Waals surface area (Å²) in [4.78, 5) is 24.6. The zero-order chi connectivity index (χ0) is 22.0. The summed E-state index contributed by atoms with van der Waals surface area (Å²) in [6.45, 7) is 1.66. The van der Waals surface area contributed by atoms with E-state index in [0.29, 0.717) is 30.1 Å². The molecule has 0 bridgehead atoms. The van der Waals surface area contributed by atoms with Gasteiger partial charge in [-0.2, -0.15) is 5.10 Å². The number of ether oxygens (including phenoxy) is 1. The minimum absolute atomic E-state index is 0.222. The van der Waals surface area contributed by atoms with Crippen LogP contribution >= 0.6 is 6.89 Å². The standard InChI is InChI=1S/C22H29N4O3P/c1-3-29-21(27)20(17(2)25-26-22(24)28)30(16-10-15-23,18-11-6-4-7-12-18)19-13-8-5-9-14-19/h4-9,11-14H,3,10,15-16,23H2,1-2H3,(H3,24,26,28)/b25-17-. The summed E-state index contributed by atoms with van der Waals surface area (Å²) in [6, 6.07) is 18.9. The number of amides is 2. The van der Waals surface area contributed by atoms with Crippen LogP contribution in [0.4, 0.5) is 4.79 Å². The lowest BCUT2D eigenvalue weighted by Gasteiger charge is -2.31. The Balaban J connectivity index is 3.01. The highest BCUT2D eigenvalue weighted by atomic mass is 31.2. The van der Waals surface area contributed by atoms with E-state index >= 15 is 0 Å². The van der Waals surface area contributed by atoms with E-state index < -0.39 is 18.9 Å². The fourth-order valence-corrected chi connectivity index (χ4v) is 7.99. The van der Waals surface area contributed by atoms with Crippen LogP contribution in [0, 0.1) is 0 Å². The number of primary amides is 1. The maximum Gasteiger partial charge on any atom is 0.340 e. The topological polar surface area (TPSA) is 120 Å². The van der Waals surface area contributed by atoms with Gasteiger partial charge in [0, 0.05) is 0 Å². The fraction of sp³-hybridized carbons (Fsp3) is 0.273. The number of urea groups is 1. The molecule has 2 rings (SSSR count). The van der Waals surface area contributed by atoms with Crippen molar-refractivity contribution in [1.82, 2.24) is 5.43 Å². The Hall–Kier alpha value is -2.89. The van der Waals surface area contributed by atoms with Gasteiger partial charge in [-0.3, -0.25) is 0 Å². The van der Waals surface area contributed by atoms with Crippen molar-refractivity contribution in [2.45, 2.75) is 20.3 Å². The number of esters is 1. The lowest BCUT2D eigenvalue weighted by atomic mass is 10.3. The van der Waals surface area contributed by atoms with Crippen molar-refractivity contribution in [3.8, 4) is 0 Å². The zero-order valence-electron chi connectivity index (χ0n) is 17.4. The van der Waals surface area contributed by atoms with Crippen molar-refractivity contribution in [1.29, 1.82) is 0 Å². The number of hydrogen-bond donors (Lipinski definition) is 3. The maximum atomic E-state index is 13.3. The van der Waals surface area contributed by atoms with E-state index in [1.54, 1.807) is 13.8 Å². The van der Waals surface area contributed by atoms with Gasteiger partial charge < -0.3 is 16.2 Å². The van der Waals surface area contributed by atoms with Gasteiger partial charge in [-0.05, 0) is 50.5 Å². The normalized spacial score (nSPS) is 11.6. The molecule has 160 valence electrons. The largest absolute Gasteiger partial charge is 0.462 e. The summed E-state index contributed by atoms with van der Waals surface area (Å²) in [5.41, 5.74) is 13.7. The van der Waals surface area contributed by atoms with Crippen molar-refractivity contribution in [3.63, 3.8) is 0 Å². The summed E-state index contributed by atoms with van der Waals surface area (Å²) in [5, 5.41) is 6.58. The molecule has 2 amide bonds. The molecule has 0 saturated heterocycles. The molecule has 7 nitrogen and oxygen atoms in total. The fourth-order valence-electron chi connectivity index (χ4n) is 3.44. The monoisotopic (exact) mass is 428 g/mol. The Bertz CT molecular complexity index is 900. The van der Waals surface area contributed by atoms with Crippen molar-refractivity contribution >= 4 is 40.5 Å². The van der Waals surface area contributed by atoms with Crippen LogP contribution in [0.5, 0.6) is 0 Å². The second-order valence-electron chi connectivity index (χ2n) is 6.59. The van der Waals surface area contributed by atoms with Crippen LogP contribution in [-0.4, -0.2) is 42.3 Å². The van der Waals surface area contributed by atoms with Gasteiger partial charge in [-0.1, -0.05) is 60.7 Å². The maximum absolute atomic E-state index is 13.3. The first kappa shape index (κ1) is 23.4. The van der Waals surface area contributed by atoms with E-state index in [0.717, 1.165) is 10.6 Å². The number of hydrazone groups is 1. The molecule has 0 aromatic heterocycles. The number of hydrogen-bond acceptors (Lipinski definition) is 5. The number of nitrogens with one attached hydrogen (secondary N) is 1. The third-order valence-corrected chi connectivity index (χ3v) is 9.23. The molecule has 0 heterocycles. The molecule has 0 spiro atoms. The number of carbonyl (C=O) groups is 2. The zero-order valence-corrected chi connectivity index (χ0v) is 18.3. The van der Waals surface area contributed by atoms with Crippen molar-refractivity contribution in [2.75, 3.05) is 19.3 Å². The smallest absolute Gasteiger partial charge is 0.340 e. The molecule has 0 radical (unpaired) electrons. The highest BCUT2D eigenvalue weighted by molar-refractivity contribution is 7.92. The molecule has 0 atom stereocenters. The predicted octanol–water partition coefficient (Wildman–Crippen LogP) is 1.78. The number of carbonyl (C=O) groups excluding carboxylic acids is 2. The van der Waals surface area contributed by atoms with Crippen molar-refractivity contribution in [2.24, 2.45) is 16.6 Å². The Morgan fingerprint density at radius 2 is 1.57 bits per heavy atom. The Labute approximate surface area is 177 Å². The Morgan fingerprint density at radius 3 is 2.00 bits per heavy atom. The number of nitrogens with zero attached hydrogens (tertiary/aromatic N) is 1. The molecule has 0 aliphatic rings. The Morgan fingerprint density at radius 1 is 1.03 bits per heavy atom. The lowest BCUT2D eigenvalue weighted by Crippen LogP contribution is -2.36. The number of benzene rings is 2. The van der Waals surface area contributed by atoms with Gasteiger partial charge in [0.2, 0.25) is 0 Å². The van der Waals surface area contributed by atoms with Crippen LogP contribution in [-0.2, 0) is 9.53 Å². The summed E-state index contributed by atoms with van der Waals surface area (Å²) in [6.07, 6.45) is 1.37. The molecular formula is C22H29N4O3P. The molecule has 2 aromatic rings. The second-order valence-corrected chi connectivity index (χ2v) is 10.1. The van der Waals surface area contributed by atoms with Gasteiger partial charge in [0.05, 0.1) is 17.6 Å². The minimum Gasteiger partial charge on any atom is -0.462 e. The van der Waals surface area contributed by atoms with Crippen LogP contribution in [0.3, 0.4) is 0 Å². The number of rotatable bonds is 9. The van der Waals surface area contributed by atoms with Crippen LogP contribution in [0.1, 0.15) is 20.3 Å². The molecule has 0 aliphatic heterocycles. The van der Waals surface area contributed by atoms with E-state index in [9.17, 15) is 9.59 Å². The van der Waals surface area contributed by atoms with E-state index in [1.807, 2.05) is 60.7 Å². The third-order valence-electron chi connectivity index (χ3n) is 4.62. The lowest BCUT2D eigenvalue weighted by molar-refractivity contribution is -0.134. The molecule has 0 aliphatic carbocycles. The van der Waals surface area contributed by atoms with Gasteiger partial charge in [0.15, 0.2) is 0 Å². The van der Waals surface area contributed by atoms with Crippen LogP contribution in [0.2, 0.25) is 0 Å². The average Bonchev–Trinajstić information content (AvgIpc) is 2.76. The molecule has 0 unspecified atom stereocenters. The summed E-state index contributed by atoms with van der Waals surface area (Å²) in [5.74, 6) is -0.455. The second kappa shape index (κ2) is 11.3. The molecule has 8 heteroatoms. The van der Waals surface area contributed by atoms with Crippen LogP contribution < -0.4 is 27.5 Å². The number of nitrogens with two attached hydrogens (primary N) is 2. The first-order valence-corrected chi connectivity index (χ1v) is 11.8. The molecular weight excluding hydrogens is 399 g/mol. The first-order valence-electron chi connectivity index (χ1n) is 9.81. The van der Waals surface area contributed by atoms with Gasteiger partial charge in [-0.25, -0.2) is 15.0 Å². The van der Waals surface area contributed by atoms with Crippen molar-refractivity contribution in [3.05, 3.63) is 60.7 Å². The highest BCUT2D eigenvalue weighted by Gasteiger charge is 2.33. The van der Waals surface area contributed by atoms with Gasteiger partial charge in [0.25, 0.3) is 0 Å². The average molecular weight is 428 g/mol. The predicted molar refractivity (Wildman–Crippen MR) is 125 cm³/mol. The summed E-state index contributed by atoms with van der Waals surface area (Å²) < 4.78 is 5.46. The van der Waals surface area contributed by atoms with Crippen LogP contribution in [0.25, 0.3) is 0 Å². The minimum atomic E-state index is -2.49. The molecule has 0 fully saturated rings. The summed E-state index contributed by atoms with van der Waals surface area (Å²) in [7, 11) is 0. The molecule has 0 saturated carbocycles. The highest BCUT2D eigenvalue weighted by Crippen LogP contribution is 2.48. The van der Waals surface area contributed by atoms with Crippen molar-refractivity contribution < 1.29 is 14.3 Å². The SMILES string of the molecule is CCOC(=O)C(/C(C)=N\NC(N)=O)=P(CCCN)(c1ccccc1)c1ccccc1. The summed E-state index contributed by atoms with van der Waals surface area (Å²) >= 11 is 0. The van der Waals surface area contributed by atoms with Gasteiger partial charge in [-0.15, -0.1) is 0 Å². The molecule has 30 heavy (non-hydrogen) atoms. The van der Waals surface area contributed by atoms with E-state index in [1.165, 1.54) is 0 Å². The quantitative estimate of drug-likeness (QED) is 0.244. The first-order chi connectivity index (χ1) is 14.5. The van der Waals surface area contributed by atoms with Crippen LogP contribution in [0.15, 0.2) is 65.8 Å². The van der Waals surface area contributed by atoms with Gasteiger partial charge in [0.1, 0.15) is 0 Å². The molecule has 5 N–H and O–H groups in total. The van der Waals surface area contributed by atoms with E-state index in [4.69, 9.17) is 16.2 Å². The third kappa shape index (κ3) is 5.38. The van der Waals surface area contributed by atoms with Gasteiger partial charge >= 0.3 is 12.0 Å². The molecule has 2 aromatic carbocycles.